The van der Waals surface area contributed by atoms with Gasteiger partial charge in [-0.05, 0) is 44.0 Å². The maximum absolute atomic E-state index is 12.1. The van der Waals surface area contributed by atoms with Crippen molar-refractivity contribution in [2.45, 2.75) is 31.8 Å². The van der Waals surface area contributed by atoms with Crippen LogP contribution in [0.15, 0.2) is 54.6 Å². The zero-order chi connectivity index (χ0) is 15.4. The van der Waals surface area contributed by atoms with E-state index in [4.69, 9.17) is 4.74 Å². The molecular formula is C18H20N2O2. The minimum Gasteiger partial charge on any atom is -0.455 e. The summed E-state index contributed by atoms with van der Waals surface area (Å²) in [6.45, 7) is 1.86. The van der Waals surface area contributed by atoms with E-state index in [9.17, 15) is 4.79 Å². The van der Waals surface area contributed by atoms with E-state index in [1.807, 2.05) is 61.5 Å². The van der Waals surface area contributed by atoms with Crippen molar-refractivity contribution in [2.75, 3.05) is 5.32 Å². The SMILES string of the molecule is C[C@H](Nc1ccccc1Oc1ccccc1)C(=O)NC1CC1. The lowest BCUT2D eigenvalue weighted by Crippen LogP contribution is -2.38. The van der Waals surface area contributed by atoms with Crippen molar-refractivity contribution >= 4 is 11.6 Å². The number of hydrogen-bond acceptors (Lipinski definition) is 3. The highest BCUT2D eigenvalue weighted by Crippen LogP contribution is 2.29. The standard InChI is InChI=1S/C18H20N2O2/c1-13(18(21)20-14-11-12-14)19-16-9-5-6-10-17(16)22-15-7-3-2-4-8-15/h2-10,13-14,19H,11-12H2,1H3,(H,20,21)/t13-/m0/s1. The first-order chi connectivity index (χ1) is 10.7. The van der Waals surface area contributed by atoms with Gasteiger partial charge in [-0.1, -0.05) is 30.3 Å². The van der Waals surface area contributed by atoms with Crippen LogP contribution in [0.1, 0.15) is 19.8 Å². The van der Waals surface area contributed by atoms with Gasteiger partial charge in [0.15, 0.2) is 5.75 Å². The molecule has 2 N–H and O–H groups in total. The monoisotopic (exact) mass is 296 g/mol. The quantitative estimate of drug-likeness (QED) is 0.857. The molecule has 114 valence electrons. The number of rotatable bonds is 6. The number of hydrogen-bond donors (Lipinski definition) is 2. The van der Waals surface area contributed by atoms with Gasteiger partial charge in [0.25, 0.3) is 0 Å². The van der Waals surface area contributed by atoms with Gasteiger partial charge in [0.05, 0.1) is 5.69 Å². The first-order valence-corrected chi connectivity index (χ1v) is 7.61. The predicted molar refractivity (Wildman–Crippen MR) is 87.2 cm³/mol. The van der Waals surface area contributed by atoms with Crippen LogP contribution in [-0.2, 0) is 4.79 Å². The van der Waals surface area contributed by atoms with E-state index in [1.165, 1.54) is 0 Å². The Morgan fingerprint density at radius 3 is 2.50 bits per heavy atom. The van der Waals surface area contributed by atoms with E-state index in [1.54, 1.807) is 0 Å². The number of ether oxygens (including phenoxy) is 1. The van der Waals surface area contributed by atoms with Crippen molar-refractivity contribution in [1.82, 2.24) is 5.32 Å². The molecular weight excluding hydrogens is 276 g/mol. The van der Waals surface area contributed by atoms with Gasteiger partial charge in [-0.3, -0.25) is 4.79 Å². The van der Waals surface area contributed by atoms with Gasteiger partial charge in [-0.15, -0.1) is 0 Å². The zero-order valence-corrected chi connectivity index (χ0v) is 12.6. The molecule has 2 aromatic carbocycles. The fourth-order valence-corrected chi connectivity index (χ4v) is 2.14. The fraction of sp³-hybridized carbons (Fsp3) is 0.278. The number of anilines is 1. The fourth-order valence-electron chi connectivity index (χ4n) is 2.14. The Balaban J connectivity index is 1.69. The average molecular weight is 296 g/mol. The lowest BCUT2D eigenvalue weighted by Gasteiger charge is -2.18. The van der Waals surface area contributed by atoms with Crippen LogP contribution in [-0.4, -0.2) is 18.0 Å². The summed E-state index contributed by atoms with van der Waals surface area (Å²) in [4.78, 5) is 12.1. The summed E-state index contributed by atoms with van der Waals surface area (Å²) in [7, 11) is 0. The van der Waals surface area contributed by atoms with Crippen LogP contribution in [0.2, 0.25) is 0 Å². The maximum atomic E-state index is 12.1. The topological polar surface area (TPSA) is 50.4 Å². The van der Waals surface area contributed by atoms with Gasteiger partial charge >= 0.3 is 0 Å². The molecule has 1 fully saturated rings. The van der Waals surface area contributed by atoms with Gasteiger partial charge in [0.1, 0.15) is 11.8 Å². The Labute approximate surface area is 130 Å². The second-order valence-corrected chi connectivity index (χ2v) is 5.56. The van der Waals surface area contributed by atoms with E-state index in [0.29, 0.717) is 11.8 Å². The highest BCUT2D eigenvalue weighted by molar-refractivity contribution is 5.85. The van der Waals surface area contributed by atoms with Crippen LogP contribution >= 0.6 is 0 Å². The number of benzene rings is 2. The van der Waals surface area contributed by atoms with Crippen molar-refractivity contribution in [2.24, 2.45) is 0 Å². The molecule has 0 radical (unpaired) electrons. The smallest absolute Gasteiger partial charge is 0.242 e. The zero-order valence-electron chi connectivity index (χ0n) is 12.6. The Kier molecular flexibility index (Phi) is 4.28. The van der Waals surface area contributed by atoms with E-state index in [0.717, 1.165) is 24.3 Å². The van der Waals surface area contributed by atoms with Crippen LogP contribution in [0.25, 0.3) is 0 Å². The minimum atomic E-state index is -0.305. The number of nitrogens with one attached hydrogen (secondary N) is 2. The molecule has 4 heteroatoms. The number of amides is 1. The molecule has 1 atom stereocenters. The first-order valence-electron chi connectivity index (χ1n) is 7.61. The number of carbonyl (C=O) groups is 1. The van der Waals surface area contributed by atoms with Crippen LogP contribution in [0, 0.1) is 0 Å². The van der Waals surface area contributed by atoms with Crippen LogP contribution < -0.4 is 15.4 Å². The van der Waals surface area contributed by atoms with E-state index in [-0.39, 0.29) is 11.9 Å². The lowest BCUT2D eigenvalue weighted by molar-refractivity contribution is -0.121. The molecule has 0 aliphatic heterocycles. The minimum absolute atomic E-state index is 0.0250. The van der Waals surface area contributed by atoms with Crippen LogP contribution in [0.4, 0.5) is 5.69 Å². The maximum Gasteiger partial charge on any atom is 0.242 e. The molecule has 2 aromatic rings. The van der Waals surface area contributed by atoms with Crippen molar-refractivity contribution in [1.29, 1.82) is 0 Å². The van der Waals surface area contributed by atoms with E-state index < -0.39 is 0 Å². The van der Waals surface area contributed by atoms with E-state index >= 15 is 0 Å². The van der Waals surface area contributed by atoms with Crippen molar-refractivity contribution in [3.63, 3.8) is 0 Å². The largest absolute Gasteiger partial charge is 0.455 e. The summed E-state index contributed by atoms with van der Waals surface area (Å²) in [5, 5.41) is 6.23. The van der Waals surface area contributed by atoms with Crippen molar-refractivity contribution in [3.05, 3.63) is 54.6 Å². The third kappa shape index (κ3) is 3.79. The summed E-state index contributed by atoms with van der Waals surface area (Å²) < 4.78 is 5.89. The molecule has 1 saturated carbocycles. The predicted octanol–water partition coefficient (Wildman–Crippen LogP) is 3.56. The number of para-hydroxylation sites is 3. The van der Waals surface area contributed by atoms with Gasteiger partial charge < -0.3 is 15.4 Å². The molecule has 3 rings (SSSR count). The average Bonchev–Trinajstić information content (AvgIpc) is 3.34. The van der Waals surface area contributed by atoms with Gasteiger partial charge in [-0.25, -0.2) is 0 Å². The second kappa shape index (κ2) is 6.52. The van der Waals surface area contributed by atoms with Crippen LogP contribution in [0.3, 0.4) is 0 Å². The highest BCUT2D eigenvalue weighted by atomic mass is 16.5. The lowest BCUT2D eigenvalue weighted by atomic mass is 10.2. The van der Waals surface area contributed by atoms with Gasteiger partial charge in [-0.2, -0.15) is 0 Å². The first kappa shape index (κ1) is 14.4. The summed E-state index contributed by atoms with van der Waals surface area (Å²) in [5.41, 5.74) is 0.810. The molecule has 1 aliphatic rings. The van der Waals surface area contributed by atoms with E-state index in [2.05, 4.69) is 10.6 Å². The Hall–Kier alpha value is -2.49. The Bertz CT molecular complexity index is 639. The van der Waals surface area contributed by atoms with Crippen molar-refractivity contribution < 1.29 is 9.53 Å². The summed E-state index contributed by atoms with van der Waals surface area (Å²) in [6, 6.07) is 17.3. The summed E-state index contributed by atoms with van der Waals surface area (Å²) >= 11 is 0. The van der Waals surface area contributed by atoms with Gasteiger partial charge in [0, 0.05) is 6.04 Å². The second-order valence-electron chi connectivity index (χ2n) is 5.56. The summed E-state index contributed by atoms with van der Waals surface area (Å²) in [6.07, 6.45) is 2.18. The molecule has 0 spiro atoms. The Morgan fingerprint density at radius 1 is 1.09 bits per heavy atom. The molecule has 1 aliphatic carbocycles. The molecule has 0 unspecified atom stereocenters. The molecule has 1 amide bonds. The summed E-state index contributed by atoms with van der Waals surface area (Å²) in [5.74, 6) is 1.50. The third-order valence-electron chi connectivity index (χ3n) is 3.55. The van der Waals surface area contributed by atoms with Gasteiger partial charge in [0.2, 0.25) is 5.91 Å². The molecule has 0 bridgehead atoms. The van der Waals surface area contributed by atoms with Crippen LogP contribution in [0.5, 0.6) is 11.5 Å². The third-order valence-corrected chi connectivity index (χ3v) is 3.55. The van der Waals surface area contributed by atoms with Crippen molar-refractivity contribution in [3.8, 4) is 11.5 Å². The normalized spacial score (nSPS) is 15.0. The number of carbonyl (C=O) groups excluding carboxylic acids is 1. The molecule has 0 heterocycles. The molecule has 0 aromatic heterocycles. The molecule has 0 saturated heterocycles. The highest BCUT2D eigenvalue weighted by Gasteiger charge is 2.25. The molecule has 22 heavy (non-hydrogen) atoms. The Morgan fingerprint density at radius 2 is 1.77 bits per heavy atom. The molecule has 4 nitrogen and oxygen atoms in total.